The van der Waals surface area contributed by atoms with Crippen molar-refractivity contribution in [1.29, 1.82) is 0 Å². The molecule has 0 aliphatic carbocycles. The van der Waals surface area contributed by atoms with Crippen LogP contribution in [-0.4, -0.2) is 54.2 Å². The molecule has 0 saturated carbocycles. The van der Waals surface area contributed by atoms with E-state index in [0.717, 1.165) is 38.0 Å². The predicted molar refractivity (Wildman–Crippen MR) is 105 cm³/mol. The van der Waals surface area contributed by atoms with Crippen LogP contribution in [0.4, 0.5) is 5.95 Å². The van der Waals surface area contributed by atoms with Gasteiger partial charge in [0.2, 0.25) is 5.95 Å². The van der Waals surface area contributed by atoms with Crippen LogP contribution in [0.15, 0.2) is 23.6 Å². The van der Waals surface area contributed by atoms with Crippen LogP contribution in [0.1, 0.15) is 30.1 Å². The van der Waals surface area contributed by atoms with Gasteiger partial charge in [-0.05, 0) is 19.4 Å². The number of imidazole rings is 1. The SMILES string of the molecule is CS(=O)(=O)c1cnc(NCCc2cnc[nH]2)nc1C1CCCNC1.Cl.Cl. The summed E-state index contributed by atoms with van der Waals surface area (Å²) in [4.78, 5) is 15.9. The topological polar surface area (TPSA) is 113 Å². The quantitative estimate of drug-likeness (QED) is 0.647. The van der Waals surface area contributed by atoms with E-state index in [-0.39, 0.29) is 35.6 Å². The summed E-state index contributed by atoms with van der Waals surface area (Å²) < 4.78 is 24.1. The van der Waals surface area contributed by atoms with Gasteiger partial charge in [0.15, 0.2) is 9.84 Å². The third kappa shape index (κ3) is 5.80. The molecule has 11 heteroatoms. The number of halogens is 2. The molecule has 1 atom stereocenters. The van der Waals surface area contributed by atoms with E-state index in [2.05, 4.69) is 30.6 Å². The number of hydrogen-bond acceptors (Lipinski definition) is 7. The molecule has 26 heavy (non-hydrogen) atoms. The highest BCUT2D eigenvalue weighted by Gasteiger charge is 2.25. The second kappa shape index (κ2) is 10.1. The summed E-state index contributed by atoms with van der Waals surface area (Å²) >= 11 is 0. The minimum atomic E-state index is -3.35. The molecule has 1 unspecified atom stereocenters. The van der Waals surface area contributed by atoms with Crippen LogP contribution >= 0.6 is 24.8 Å². The Labute approximate surface area is 165 Å². The van der Waals surface area contributed by atoms with Crippen molar-refractivity contribution < 1.29 is 8.42 Å². The summed E-state index contributed by atoms with van der Waals surface area (Å²) in [5.74, 6) is 0.558. The van der Waals surface area contributed by atoms with Gasteiger partial charge in [-0.1, -0.05) is 0 Å². The van der Waals surface area contributed by atoms with Crippen molar-refractivity contribution >= 4 is 40.6 Å². The monoisotopic (exact) mass is 422 g/mol. The average molecular weight is 423 g/mol. The number of hydrogen-bond donors (Lipinski definition) is 3. The first-order valence-electron chi connectivity index (χ1n) is 8.03. The third-order valence-electron chi connectivity index (χ3n) is 4.10. The van der Waals surface area contributed by atoms with Crippen LogP contribution < -0.4 is 10.6 Å². The third-order valence-corrected chi connectivity index (χ3v) is 5.21. The molecule has 1 aliphatic rings. The normalized spacial score (nSPS) is 17.0. The van der Waals surface area contributed by atoms with Crippen molar-refractivity contribution in [3.05, 3.63) is 30.1 Å². The predicted octanol–water partition coefficient (Wildman–Crippen LogP) is 1.57. The zero-order chi connectivity index (χ0) is 17.0. The fourth-order valence-corrected chi connectivity index (χ4v) is 3.70. The van der Waals surface area contributed by atoms with E-state index in [9.17, 15) is 8.42 Å². The van der Waals surface area contributed by atoms with Gasteiger partial charge in [-0.15, -0.1) is 24.8 Å². The lowest BCUT2D eigenvalue weighted by atomic mass is 9.96. The lowest BCUT2D eigenvalue weighted by Gasteiger charge is -2.24. The Morgan fingerprint density at radius 1 is 1.31 bits per heavy atom. The number of piperidine rings is 1. The van der Waals surface area contributed by atoms with Gasteiger partial charge in [0.05, 0.1) is 18.2 Å². The molecule has 3 rings (SSSR count). The van der Waals surface area contributed by atoms with E-state index in [1.807, 2.05) is 0 Å². The zero-order valence-corrected chi connectivity index (χ0v) is 16.9. The average Bonchev–Trinajstić information content (AvgIpc) is 3.08. The molecule has 0 bridgehead atoms. The van der Waals surface area contributed by atoms with Crippen molar-refractivity contribution in [2.75, 3.05) is 31.2 Å². The van der Waals surface area contributed by atoms with E-state index < -0.39 is 9.84 Å². The zero-order valence-electron chi connectivity index (χ0n) is 14.4. The Morgan fingerprint density at radius 2 is 2.12 bits per heavy atom. The molecule has 0 aromatic carbocycles. The first-order chi connectivity index (χ1) is 11.5. The summed E-state index contributed by atoms with van der Waals surface area (Å²) in [6, 6.07) is 0. The number of aromatic amines is 1. The van der Waals surface area contributed by atoms with E-state index in [1.54, 1.807) is 12.5 Å². The number of nitrogens with one attached hydrogen (secondary N) is 3. The van der Waals surface area contributed by atoms with Crippen LogP contribution in [0.2, 0.25) is 0 Å². The minimum Gasteiger partial charge on any atom is -0.354 e. The van der Waals surface area contributed by atoms with Gasteiger partial charge < -0.3 is 15.6 Å². The first kappa shape index (κ1) is 22.6. The van der Waals surface area contributed by atoms with Gasteiger partial charge in [-0.25, -0.2) is 23.4 Å². The maximum Gasteiger partial charge on any atom is 0.222 e. The molecule has 3 heterocycles. The maximum atomic E-state index is 12.0. The van der Waals surface area contributed by atoms with Crippen LogP contribution in [0.5, 0.6) is 0 Å². The summed E-state index contributed by atoms with van der Waals surface area (Å²) in [6.45, 7) is 2.35. The van der Waals surface area contributed by atoms with Crippen LogP contribution in [-0.2, 0) is 16.3 Å². The van der Waals surface area contributed by atoms with Gasteiger partial charge in [-0.3, -0.25) is 0 Å². The van der Waals surface area contributed by atoms with Gasteiger partial charge in [0.25, 0.3) is 0 Å². The number of H-pyrrole nitrogens is 1. The van der Waals surface area contributed by atoms with Crippen molar-refractivity contribution in [3.8, 4) is 0 Å². The first-order valence-corrected chi connectivity index (χ1v) is 9.92. The number of rotatable bonds is 6. The standard InChI is InChI=1S/C15H22N6O2S.2ClH/c1-24(22,23)13-9-19-15(18-6-4-12-8-17-10-20-12)21-14(13)11-3-2-5-16-7-11;;/h8-11,16H,2-7H2,1H3,(H,17,20)(H,18,19,21);2*1H. The van der Waals surface area contributed by atoms with Gasteiger partial charge in [-0.2, -0.15) is 0 Å². The van der Waals surface area contributed by atoms with Crippen LogP contribution in [0, 0.1) is 0 Å². The molecule has 1 fully saturated rings. The summed E-state index contributed by atoms with van der Waals surface area (Å²) in [6.07, 6.45) is 8.75. The fourth-order valence-electron chi connectivity index (χ4n) is 2.86. The van der Waals surface area contributed by atoms with E-state index >= 15 is 0 Å². The second-order valence-electron chi connectivity index (χ2n) is 6.01. The van der Waals surface area contributed by atoms with E-state index in [0.29, 0.717) is 18.2 Å². The van der Waals surface area contributed by atoms with E-state index in [1.165, 1.54) is 12.5 Å². The van der Waals surface area contributed by atoms with Gasteiger partial charge >= 0.3 is 0 Å². The van der Waals surface area contributed by atoms with Gasteiger partial charge in [0.1, 0.15) is 4.90 Å². The van der Waals surface area contributed by atoms with E-state index in [4.69, 9.17) is 0 Å². The Balaban J connectivity index is 0.00000169. The molecular weight excluding hydrogens is 399 g/mol. The Morgan fingerprint density at radius 3 is 2.73 bits per heavy atom. The fraction of sp³-hybridized carbons (Fsp3) is 0.533. The van der Waals surface area contributed by atoms with Crippen molar-refractivity contribution in [2.24, 2.45) is 0 Å². The molecule has 1 aliphatic heterocycles. The summed E-state index contributed by atoms with van der Waals surface area (Å²) in [5.41, 5.74) is 1.63. The van der Waals surface area contributed by atoms with Crippen molar-refractivity contribution in [3.63, 3.8) is 0 Å². The minimum absolute atomic E-state index is 0. The lowest BCUT2D eigenvalue weighted by molar-refractivity contribution is 0.448. The summed E-state index contributed by atoms with van der Waals surface area (Å²) in [7, 11) is -3.35. The molecule has 146 valence electrons. The van der Waals surface area contributed by atoms with Crippen molar-refractivity contribution in [2.45, 2.75) is 30.1 Å². The number of aromatic nitrogens is 4. The largest absolute Gasteiger partial charge is 0.354 e. The van der Waals surface area contributed by atoms with Crippen molar-refractivity contribution in [1.82, 2.24) is 25.3 Å². The highest BCUT2D eigenvalue weighted by atomic mass is 35.5. The summed E-state index contributed by atoms with van der Waals surface area (Å²) in [5, 5.41) is 6.46. The number of nitrogens with zero attached hydrogens (tertiary/aromatic N) is 3. The molecule has 0 amide bonds. The highest BCUT2D eigenvalue weighted by molar-refractivity contribution is 7.90. The highest BCUT2D eigenvalue weighted by Crippen LogP contribution is 2.27. The molecule has 2 aromatic heterocycles. The molecule has 2 aromatic rings. The maximum absolute atomic E-state index is 12.0. The molecule has 3 N–H and O–H groups in total. The Bertz CT molecular complexity index is 779. The van der Waals surface area contributed by atoms with Gasteiger partial charge in [0, 0.05) is 43.6 Å². The van der Waals surface area contributed by atoms with Crippen LogP contribution in [0.25, 0.3) is 0 Å². The number of anilines is 1. The molecule has 8 nitrogen and oxygen atoms in total. The molecule has 1 saturated heterocycles. The van der Waals surface area contributed by atoms with Crippen LogP contribution in [0.3, 0.4) is 0 Å². The number of sulfone groups is 1. The molecular formula is C15H24Cl2N6O2S. The second-order valence-corrected chi connectivity index (χ2v) is 8.00. The Kier molecular flexibility index (Phi) is 8.75. The molecule has 0 radical (unpaired) electrons. The Hall–Kier alpha value is -1.42. The lowest BCUT2D eigenvalue weighted by Crippen LogP contribution is -2.30. The molecule has 0 spiro atoms. The smallest absolute Gasteiger partial charge is 0.222 e.